The van der Waals surface area contributed by atoms with Crippen molar-refractivity contribution in [1.82, 2.24) is 10.6 Å². The Bertz CT molecular complexity index is 1200. The van der Waals surface area contributed by atoms with Crippen molar-refractivity contribution in [2.45, 2.75) is 19.4 Å². The molecule has 7 nitrogen and oxygen atoms in total. The topological polar surface area (TPSA) is 102 Å². The van der Waals surface area contributed by atoms with E-state index in [1.165, 1.54) is 23.5 Å². The lowest BCUT2D eigenvalue weighted by atomic mass is 9.91. The number of urea groups is 1. The van der Waals surface area contributed by atoms with Gasteiger partial charge in [0.1, 0.15) is 5.54 Å². The van der Waals surface area contributed by atoms with Crippen molar-refractivity contribution >= 4 is 45.1 Å². The van der Waals surface area contributed by atoms with E-state index < -0.39 is 23.4 Å². The van der Waals surface area contributed by atoms with E-state index in [9.17, 15) is 19.2 Å². The van der Waals surface area contributed by atoms with Crippen LogP contribution in [0.4, 0.5) is 4.79 Å². The van der Waals surface area contributed by atoms with Crippen molar-refractivity contribution in [2.24, 2.45) is 0 Å². The van der Waals surface area contributed by atoms with Crippen molar-refractivity contribution in [1.29, 1.82) is 0 Å². The van der Waals surface area contributed by atoms with E-state index in [2.05, 4.69) is 10.6 Å². The SMILES string of the molecule is Cc1c(C(=O)COC(=O)c2ccc([C@@]3(C)NC(=O)NC3=O)cc2)sc2ccccc12. The van der Waals surface area contributed by atoms with Crippen LogP contribution >= 0.6 is 11.3 Å². The summed E-state index contributed by atoms with van der Waals surface area (Å²) >= 11 is 1.38. The normalized spacial score (nSPS) is 18.2. The van der Waals surface area contributed by atoms with Gasteiger partial charge in [-0.3, -0.25) is 14.9 Å². The molecule has 0 saturated carbocycles. The van der Waals surface area contributed by atoms with Crippen LogP contribution in [0, 0.1) is 6.92 Å². The number of carbonyl (C=O) groups excluding carboxylic acids is 4. The molecular weight excluding hydrogens is 404 g/mol. The van der Waals surface area contributed by atoms with Crippen LogP contribution < -0.4 is 10.6 Å². The van der Waals surface area contributed by atoms with Gasteiger partial charge in [-0.2, -0.15) is 0 Å². The van der Waals surface area contributed by atoms with Crippen molar-refractivity contribution in [3.63, 3.8) is 0 Å². The van der Waals surface area contributed by atoms with Gasteiger partial charge < -0.3 is 10.1 Å². The smallest absolute Gasteiger partial charge is 0.338 e. The predicted molar refractivity (Wildman–Crippen MR) is 112 cm³/mol. The molecular formula is C22H18N2O5S. The first-order valence-corrected chi connectivity index (χ1v) is 10.0. The van der Waals surface area contributed by atoms with Crippen LogP contribution in [0.2, 0.25) is 0 Å². The third-order valence-corrected chi connectivity index (χ3v) is 6.49. The van der Waals surface area contributed by atoms with Crippen LogP contribution in [0.25, 0.3) is 10.1 Å². The van der Waals surface area contributed by atoms with E-state index >= 15 is 0 Å². The van der Waals surface area contributed by atoms with Crippen molar-refractivity contribution in [2.75, 3.05) is 6.61 Å². The van der Waals surface area contributed by atoms with Gasteiger partial charge in [0.2, 0.25) is 5.78 Å². The van der Waals surface area contributed by atoms with E-state index in [0.717, 1.165) is 15.6 Å². The van der Waals surface area contributed by atoms with Crippen molar-refractivity contribution < 1.29 is 23.9 Å². The molecule has 0 bridgehead atoms. The summed E-state index contributed by atoms with van der Waals surface area (Å²) in [4.78, 5) is 48.9. The molecule has 3 aromatic rings. The third kappa shape index (κ3) is 3.35. The van der Waals surface area contributed by atoms with Crippen LogP contribution in [-0.4, -0.2) is 30.3 Å². The number of thiophene rings is 1. The van der Waals surface area contributed by atoms with E-state index in [-0.39, 0.29) is 18.0 Å². The van der Waals surface area contributed by atoms with Crippen LogP contribution in [0.3, 0.4) is 0 Å². The van der Waals surface area contributed by atoms with E-state index in [1.807, 2.05) is 31.2 Å². The number of ether oxygens (including phenoxy) is 1. The van der Waals surface area contributed by atoms with E-state index in [0.29, 0.717) is 10.4 Å². The Morgan fingerprint density at radius 1 is 1.07 bits per heavy atom. The Labute approximate surface area is 176 Å². The number of hydrogen-bond donors (Lipinski definition) is 2. The number of amides is 3. The fraction of sp³-hybridized carbons (Fsp3) is 0.182. The molecule has 152 valence electrons. The highest BCUT2D eigenvalue weighted by Gasteiger charge is 2.43. The van der Waals surface area contributed by atoms with Crippen LogP contribution in [0.15, 0.2) is 48.5 Å². The van der Waals surface area contributed by atoms with Gasteiger partial charge in [-0.15, -0.1) is 11.3 Å². The number of esters is 1. The van der Waals surface area contributed by atoms with Gasteiger partial charge >= 0.3 is 12.0 Å². The first-order chi connectivity index (χ1) is 14.3. The summed E-state index contributed by atoms with van der Waals surface area (Å²) in [6, 6.07) is 13.3. The summed E-state index contributed by atoms with van der Waals surface area (Å²) < 4.78 is 6.20. The van der Waals surface area contributed by atoms with Crippen molar-refractivity contribution in [3.05, 3.63) is 70.1 Å². The Kier molecular flexibility index (Phi) is 4.87. The number of fused-ring (bicyclic) bond motifs is 1. The molecule has 2 aromatic carbocycles. The number of benzene rings is 2. The molecule has 3 amide bonds. The van der Waals surface area contributed by atoms with E-state index in [4.69, 9.17) is 4.74 Å². The average molecular weight is 422 g/mol. The largest absolute Gasteiger partial charge is 0.454 e. The predicted octanol–water partition coefficient (Wildman–Crippen LogP) is 3.30. The summed E-state index contributed by atoms with van der Waals surface area (Å²) in [5, 5.41) is 5.77. The van der Waals surface area contributed by atoms with Gasteiger partial charge in [0.15, 0.2) is 6.61 Å². The zero-order chi connectivity index (χ0) is 21.5. The minimum Gasteiger partial charge on any atom is -0.454 e. The molecule has 30 heavy (non-hydrogen) atoms. The number of aryl methyl sites for hydroxylation is 1. The summed E-state index contributed by atoms with van der Waals surface area (Å²) in [6.07, 6.45) is 0. The van der Waals surface area contributed by atoms with Gasteiger partial charge in [0.25, 0.3) is 5.91 Å². The summed E-state index contributed by atoms with van der Waals surface area (Å²) in [7, 11) is 0. The standard InChI is InChI=1S/C22H18N2O5S/c1-12-15-5-3-4-6-17(15)30-18(12)16(25)11-29-19(26)13-7-9-14(10-8-13)22(2)20(27)23-21(28)24-22/h3-10H,11H2,1-2H3,(H2,23,24,27,28)/t22-/m1/s1. The lowest BCUT2D eigenvalue weighted by Gasteiger charge is -2.21. The molecule has 1 aliphatic heterocycles. The maximum Gasteiger partial charge on any atom is 0.338 e. The number of rotatable bonds is 5. The van der Waals surface area contributed by atoms with Gasteiger partial charge in [0, 0.05) is 4.70 Å². The number of Topliss-reactive ketones (excluding diaryl/α,β-unsaturated/α-hetero) is 1. The van der Waals surface area contributed by atoms with Crippen LogP contribution in [0.5, 0.6) is 0 Å². The lowest BCUT2D eigenvalue weighted by Crippen LogP contribution is -2.40. The number of hydrogen-bond acceptors (Lipinski definition) is 6. The fourth-order valence-electron chi connectivity index (χ4n) is 3.41. The Hall–Kier alpha value is -3.52. The lowest BCUT2D eigenvalue weighted by molar-refractivity contribution is -0.123. The third-order valence-electron chi connectivity index (χ3n) is 5.17. The molecule has 8 heteroatoms. The Balaban J connectivity index is 1.44. The molecule has 0 unspecified atom stereocenters. The quantitative estimate of drug-likeness (QED) is 0.373. The minimum atomic E-state index is -1.20. The molecule has 4 rings (SSSR count). The molecule has 0 aliphatic carbocycles. The molecule has 1 saturated heterocycles. The molecule has 2 heterocycles. The maximum absolute atomic E-state index is 12.6. The first kappa shape index (κ1) is 19.8. The molecule has 0 radical (unpaired) electrons. The number of nitrogens with one attached hydrogen (secondary N) is 2. The number of imide groups is 1. The monoisotopic (exact) mass is 422 g/mol. The maximum atomic E-state index is 12.6. The summed E-state index contributed by atoms with van der Waals surface area (Å²) in [5.41, 5.74) is 0.451. The van der Waals surface area contributed by atoms with E-state index in [1.54, 1.807) is 19.1 Å². The highest BCUT2D eigenvalue weighted by molar-refractivity contribution is 7.21. The molecule has 1 aromatic heterocycles. The Morgan fingerprint density at radius 3 is 2.40 bits per heavy atom. The van der Waals surface area contributed by atoms with Gasteiger partial charge in [-0.05, 0) is 48.6 Å². The number of carbonyl (C=O) groups is 4. The zero-order valence-corrected chi connectivity index (χ0v) is 17.1. The molecule has 1 fully saturated rings. The average Bonchev–Trinajstić information content (AvgIpc) is 3.22. The van der Waals surface area contributed by atoms with Gasteiger partial charge in [0.05, 0.1) is 10.4 Å². The highest BCUT2D eigenvalue weighted by Crippen LogP contribution is 2.31. The Morgan fingerprint density at radius 2 is 1.77 bits per heavy atom. The summed E-state index contributed by atoms with van der Waals surface area (Å²) in [6.45, 7) is 3.10. The molecule has 1 aliphatic rings. The van der Waals surface area contributed by atoms with Gasteiger partial charge in [-0.25, -0.2) is 9.59 Å². The first-order valence-electron chi connectivity index (χ1n) is 9.22. The van der Waals surface area contributed by atoms with Gasteiger partial charge in [-0.1, -0.05) is 30.3 Å². The second-order valence-electron chi connectivity index (χ2n) is 7.16. The molecule has 2 N–H and O–H groups in total. The molecule has 1 atom stereocenters. The van der Waals surface area contributed by atoms with Crippen LogP contribution in [0.1, 0.15) is 38.1 Å². The second-order valence-corrected chi connectivity index (χ2v) is 8.21. The highest BCUT2D eigenvalue weighted by atomic mass is 32.1. The number of ketones is 1. The zero-order valence-electron chi connectivity index (χ0n) is 16.3. The molecule has 0 spiro atoms. The summed E-state index contributed by atoms with van der Waals surface area (Å²) in [5.74, 6) is -1.36. The van der Waals surface area contributed by atoms with Crippen molar-refractivity contribution in [3.8, 4) is 0 Å². The second kappa shape index (κ2) is 7.38. The minimum absolute atomic E-state index is 0.243. The fourth-order valence-corrected chi connectivity index (χ4v) is 4.54. The van der Waals surface area contributed by atoms with Crippen LogP contribution in [-0.2, 0) is 15.1 Å².